The summed E-state index contributed by atoms with van der Waals surface area (Å²) < 4.78 is 22.3. The molecule has 7 nitrogen and oxygen atoms in total. The maximum Gasteiger partial charge on any atom is 0.339 e. The minimum Gasteiger partial charge on any atom is -0.307 e. The zero-order chi connectivity index (χ0) is 17.7. The van der Waals surface area contributed by atoms with Gasteiger partial charge in [-0.15, -0.1) is 0 Å². The molecule has 8 heteroatoms. The van der Waals surface area contributed by atoms with Crippen LogP contribution < -0.4 is 15.9 Å². The van der Waals surface area contributed by atoms with Gasteiger partial charge >= 0.3 is 6.03 Å². The number of rotatable bonds is 4. The van der Waals surface area contributed by atoms with Gasteiger partial charge in [0.25, 0.3) is 0 Å². The van der Waals surface area contributed by atoms with Crippen molar-refractivity contribution in [2.24, 2.45) is 10.2 Å². The van der Waals surface area contributed by atoms with Gasteiger partial charge in [0, 0.05) is 5.69 Å². The first-order chi connectivity index (χ1) is 11.3. The van der Waals surface area contributed by atoms with Crippen molar-refractivity contribution in [3.05, 3.63) is 59.7 Å². The molecule has 2 amide bonds. The van der Waals surface area contributed by atoms with E-state index in [4.69, 9.17) is 5.14 Å². The maximum absolute atomic E-state index is 11.8. The zero-order valence-electron chi connectivity index (χ0n) is 13.3. The molecule has 0 unspecified atom stereocenters. The van der Waals surface area contributed by atoms with Crippen LogP contribution in [-0.2, 0) is 10.0 Å². The summed E-state index contributed by atoms with van der Waals surface area (Å²) in [4.78, 5) is 11.8. The summed E-state index contributed by atoms with van der Waals surface area (Å²) in [6, 6.07) is 12.7. The fourth-order valence-electron chi connectivity index (χ4n) is 1.88. The first-order valence-corrected chi connectivity index (χ1v) is 8.61. The summed E-state index contributed by atoms with van der Waals surface area (Å²) in [5.41, 5.74) is 5.51. The fourth-order valence-corrected chi connectivity index (χ4v) is 2.40. The Morgan fingerprint density at radius 2 is 1.62 bits per heavy atom. The van der Waals surface area contributed by atoms with Gasteiger partial charge in [-0.3, -0.25) is 0 Å². The van der Waals surface area contributed by atoms with Crippen LogP contribution in [0.2, 0.25) is 0 Å². The molecule has 2 aromatic carbocycles. The number of nitrogens with two attached hydrogens (primary N) is 1. The number of primary sulfonamides is 1. The lowest BCUT2D eigenvalue weighted by Gasteiger charge is -2.06. The Morgan fingerprint density at radius 3 is 2.17 bits per heavy atom. The summed E-state index contributed by atoms with van der Waals surface area (Å²) in [7, 11) is -3.75. The first-order valence-electron chi connectivity index (χ1n) is 7.07. The second kappa shape index (κ2) is 7.24. The third kappa shape index (κ3) is 4.90. The number of hydrogen-bond acceptors (Lipinski definition) is 4. The molecule has 24 heavy (non-hydrogen) atoms. The number of nitrogens with zero attached hydrogens (tertiary/aromatic N) is 1. The van der Waals surface area contributed by atoms with Gasteiger partial charge in [-0.2, -0.15) is 5.10 Å². The van der Waals surface area contributed by atoms with Crippen molar-refractivity contribution in [3.8, 4) is 0 Å². The second-order valence-corrected chi connectivity index (χ2v) is 6.76. The molecule has 0 atom stereocenters. The SMILES string of the molecule is C/C(=N\NC(=O)Nc1ccc(S(N)(=O)=O)cc1)c1ccc(C)cc1. The van der Waals surface area contributed by atoms with E-state index in [-0.39, 0.29) is 4.90 Å². The quantitative estimate of drug-likeness (QED) is 0.582. The monoisotopic (exact) mass is 346 g/mol. The van der Waals surface area contributed by atoms with E-state index < -0.39 is 16.1 Å². The number of aryl methyl sites for hydroxylation is 1. The molecule has 2 rings (SSSR count). The molecule has 2 aromatic rings. The molecule has 0 aliphatic carbocycles. The molecule has 0 aliphatic heterocycles. The summed E-state index contributed by atoms with van der Waals surface area (Å²) >= 11 is 0. The van der Waals surface area contributed by atoms with E-state index in [1.807, 2.05) is 31.2 Å². The number of carbonyl (C=O) groups is 1. The third-order valence-corrected chi connectivity index (χ3v) is 4.16. The van der Waals surface area contributed by atoms with Crippen molar-refractivity contribution >= 4 is 27.5 Å². The van der Waals surface area contributed by atoms with Gasteiger partial charge in [0.1, 0.15) is 0 Å². The Labute approximate surface area is 140 Å². The van der Waals surface area contributed by atoms with Crippen molar-refractivity contribution < 1.29 is 13.2 Å². The molecular formula is C16H18N4O3S. The van der Waals surface area contributed by atoms with E-state index in [0.29, 0.717) is 11.4 Å². The number of amides is 2. The van der Waals surface area contributed by atoms with Crippen molar-refractivity contribution in [1.29, 1.82) is 0 Å². The Bertz CT molecular complexity index is 857. The molecule has 0 radical (unpaired) electrons. The summed E-state index contributed by atoms with van der Waals surface area (Å²) in [5, 5.41) is 11.6. The fraction of sp³-hybridized carbons (Fsp3) is 0.125. The third-order valence-electron chi connectivity index (χ3n) is 3.24. The van der Waals surface area contributed by atoms with E-state index in [1.54, 1.807) is 6.92 Å². The standard InChI is InChI=1S/C16H18N4O3S/c1-11-3-5-13(6-4-11)12(2)19-20-16(21)18-14-7-9-15(10-8-14)24(17,22)23/h3-10H,1-2H3,(H2,17,22,23)(H2,18,20,21)/b19-12+. The highest BCUT2D eigenvalue weighted by molar-refractivity contribution is 7.89. The molecule has 0 bridgehead atoms. The molecule has 126 valence electrons. The van der Waals surface area contributed by atoms with Gasteiger partial charge in [0.05, 0.1) is 10.6 Å². The minimum absolute atomic E-state index is 0.0262. The number of benzene rings is 2. The topological polar surface area (TPSA) is 114 Å². The van der Waals surface area contributed by atoms with Gasteiger partial charge in [-0.25, -0.2) is 23.8 Å². The van der Waals surface area contributed by atoms with E-state index >= 15 is 0 Å². The normalized spacial score (nSPS) is 11.9. The Morgan fingerprint density at radius 1 is 1.04 bits per heavy atom. The van der Waals surface area contributed by atoms with Crippen molar-refractivity contribution in [3.63, 3.8) is 0 Å². The highest BCUT2D eigenvalue weighted by Gasteiger charge is 2.07. The van der Waals surface area contributed by atoms with Crippen LogP contribution in [0.4, 0.5) is 10.5 Å². The van der Waals surface area contributed by atoms with Gasteiger partial charge in [0.2, 0.25) is 10.0 Å². The van der Waals surface area contributed by atoms with E-state index in [1.165, 1.54) is 24.3 Å². The predicted octanol–water partition coefficient (Wildman–Crippen LogP) is 2.19. The number of anilines is 1. The lowest BCUT2D eigenvalue weighted by atomic mass is 10.1. The molecule has 0 heterocycles. The molecule has 0 aromatic heterocycles. The Hall–Kier alpha value is -2.71. The average molecular weight is 346 g/mol. The summed E-state index contributed by atoms with van der Waals surface area (Å²) in [6.07, 6.45) is 0. The van der Waals surface area contributed by atoms with E-state index in [2.05, 4.69) is 15.8 Å². The van der Waals surface area contributed by atoms with Crippen LogP contribution in [0.5, 0.6) is 0 Å². The predicted molar refractivity (Wildman–Crippen MR) is 93.4 cm³/mol. The lowest BCUT2D eigenvalue weighted by Crippen LogP contribution is -2.25. The van der Waals surface area contributed by atoms with Gasteiger partial charge in [0.15, 0.2) is 0 Å². The number of nitrogens with one attached hydrogen (secondary N) is 2. The number of carbonyl (C=O) groups excluding carboxylic acids is 1. The van der Waals surface area contributed by atoms with E-state index in [0.717, 1.165) is 11.1 Å². The summed E-state index contributed by atoms with van der Waals surface area (Å²) in [5.74, 6) is 0. The number of sulfonamides is 1. The molecule has 0 aliphatic rings. The highest BCUT2D eigenvalue weighted by Crippen LogP contribution is 2.12. The van der Waals surface area contributed by atoms with Crippen LogP contribution in [0, 0.1) is 6.92 Å². The van der Waals surface area contributed by atoms with Crippen LogP contribution in [0.3, 0.4) is 0 Å². The largest absolute Gasteiger partial charge is 0.339 e. The minimum atomic E-state index is -3.75. The molecule has 0 fully saturated rings. The van der Waals surface area contributed by atoms with Crippen molar-refractivity contribution in [2.75, 3.05) is 5.32 Å². The highest BCUT2D eigenvalue weighted by atomic mass is 32.2. The summed E-state index contributed by atoms with van der Waals surface area (Å²) in [6.45, 7) is 3.77. The van der Waals surface area contributed by atoms with Crippen LogP contribution in [0.25, 0.3) is 0 Å². The number of hydrazone groups is 1. The Kier molecular flexibility index (Phi) is 5.32. The number of hydrogen-bond donors (Lipinski definition) is 3. The molecule has 4 N–H and O–H groups in total. The van der Waals surface area contributed by atoms with Crippen LogP contribution in [-0.4, -0.2) is 20.2 Å². The van der Waals surface area contributed by atoms with Gasteiger partial charge in [-0.05, 0) is 43.7 Å². The molecule has 0 spiro atoms. The van der Waals surface area contributed by atoms with Gasteiger partial charge < -0.3 is 5.32 Å². The number of urea groups is 1. The average Bonchev–Trinajstić information content (AvgIpc) is 2.53. The lowest BCUT2D eigenvalue weighted by molar-refractivity contribution is 0.252. The van der Waals surface area contributed by atoms with Crippen molar-refractivity contribution in [1.82, 2.24) is 5.43 Å². The molecule has 0 saturated carbocycles. The molecular weight excluding hydrogens is 328 g/mol. The van der Waals surface area contributed by atoms with Crippen LogP contribution >= 0.6 is 0 Å². The Balaban J connectivity index is 1.98. The first kappa shape index (κ1) is 17.6. The van der Waals surface area contributed by atoms with Crippen LogP contribution in [0.15, 0.2) is 58.5 Å². The van der Waals surface area contributed by atoms with Gasteiger partial charge in [-0.1, -0.05) is 29.8 Å². The van der Waals surface area contributed by atoms with Crippen LogP contribution in [0.1, 0.15) is 18.1 Å². The zero-order valence-corrected chi connectivity index (χ0v) is 14.1. The smallest absolute Gasteiger partial charge is 0.307 e. The maximum atomic E-state index is 11.8. The van der Waals surface area contributed by atoms with Crippen molar-refractivity contribution in [2.45, 2.75) is 18.7 Å². The molecule has 0 saturated heterocycles. The van der Waals surface area contributed by atoms with E-state index in [9.17, 15) is 13.2 Å². The second-order valence-electron chi connectivity index (χ2n) is 5.20.